The molecule has 1 saturated heterocycles. The van der Waals surface area contributed by atoms with E-state index in [-0.39, 0.29) is 23.9 Å². The number of hydrogen-bond donors (Lipinski definition) is 2. The van der Waals surface area contributed by atoms with E-state index in [1.807, 2.05) is 11.8 Å². The van der Waals surface area contributed by atoms with Crippen molar-refractivity contribution in [2.24, 2.45) is 5.92 Å². The highest BCUT2D eigenvalue weighted by Gasteiger charge is 2.31. The summed E-state index contributed by atoms with van der Waals surface area (Å²) in [4.78, 5) is 28.9. The molecule has 1 saturated carbocycles. The zero-order valence-electron chi connectivity index (χ0n) is 14.7. The maximum absolute atomic E-state index is 12.5. The maximum atomic E-state index is 12.5. The lowest BCUT2D eigenvalue weighted by molar-refractivity contribution is -0.126. The Morgan fingerprint density at radius 2 is 1.88 bits per heavy atom. The Morgan fingerprint density at radius 3 is 2.42 bits per heavy atom. The molecule has 0 bridgehead atoms. The number of carbonyl (C=O) groups is 2. The quantitative estimate of drug-likeness (QED) is 0.877. The molecular weight excluding hydrogens is 322 g/mol. The Hall–Kier alpha value is -1.56. The summed E-state index contributed by atoms with van der Waals surface area (Å²) in [5.74, 6) is 0.240. The highest BCUT2D eigenvalue weighted by atomic mass is 32.1. The summed E-state index contributed by atoms with van der Waals surface area (Å²) in [5, 5.41) is 6.17. The first kappa shape index (κ1) is 17.3. The molecule has 0 radical (unpaired) electrons. The molecule has 3 amide bonds. The van der Waals surface area contributed by atoms with Gasteiger partial charge in [-0.2, -0.15) is 0 Å². The Kier molecular flexibility index (Phi) is 5.13. The van der Waals surface area contributed by atoms with Crippen molar-refractivity contribution in [3.05, 3.63) is 21.4 Å². The number of nitrogens with zero attached hydrogens (tertiary/aromatic N) is 1. The van der Waals surface area contributed by atoms with Crippen molar-refractivity contribution in [3.63, 3.8) is 0 Å². The first-order chi connectivity index (χ1) is 11.4. The van der Waals surface area contributed by atoms with Gasteiger partial charge in [0.25, 0.3) is 0 Å². The van der Waals surface area contributed by atoms with Gasteiger partial charge >= 0.3 is 6.03 Å². The van der Waals surface area contributed by atoms with Crippen LogP contribution in [-0.4, -0.2) is 36.0 Å². The first-order valence-corrected chi connectivity index (χ1v) is 9.68. The molecule has 0 spiro atoms. The minimum Gasteiger partial charge on any atom is -0.353 e. The molecule has 2 N–H and O–H groups in total. The van der Waals surface area contributed by atoms with Crippen LogP contribution in [0.2, 0.25) is 0 Å². The summed E-state index contributed by atoms with van der Waals surface area (Å²) in [5.41, 5.74) is 1.20. The molecular formula is C18H27N3O2S. The SMILES string of the molecule is Cc1cc([C@H](C)NC(=O)N2CCC(C(=O)NC3CC3)CC2)c(C)s1. The molecule has 2 aliphatic rings. The molecule has 132 valence electrons. The van der Waals surface area contributed by atoms with Crippen LogP contribution in [0.3, 0.4) is 0 Å². The Labute approximate surface area is 147 Å². The molecule has 1 aromatic rings. The van der Waals surface area contributed by atoms with E-state index in [1.165, 1.54) is 15.3 Å². The number of carbonyl (C=O) groups excluding carboxylic acids is 2. The number of urea groups is 1. The van der Waals surface area contributed by atoms with Gasteiger partial charge in [0.15, 0.2) is 0 Å². The fraction of sp³-hybridized carbons (Fsp3) is 0.667. The van der Waals surface area contributed by atoms with E-state index < -0.39 is 0 Å². The van der Waals surface area contributed by atoms with E-state index >= 15 is 0 Å². The molecule has 0 unspecified atom stereocenters. The lowest BCUT2D eigenvalue weighted by Gasteiger charge is -2.32. The predicted octanol–water partition coefficient (Wildman–Crippen LogP) is 3.13. The van der Waals surface area contributed by atoms with Crippen molar-refractivity contribution in [2.75, 3.05) is 13.1 Å². The third-order valence-electron chi connectivity index (χ3n) is 4.96. The minimum absolute atomic E-state index is 0.0124. The van der Waals surface area contributed by atoms with Gasteiger partial charge < -0.3 is 15.5 Å². The number of amides is 3. The number of piperidine rings is 1. The third-order valence-corrected chi connectivity index (χ3v) is 5.94. The topological polar surface area (TPSA) is 61.4 Å². The third kappa shape index (κ3) is 4.09. The highest BCUT2D eigenvalue weighted by molar-refractivity contribution is 7.12. The molecule has 3 rings (SSSR count). The minimum atomic E-state index is -0.0215. The maximum Gasteiger partial charge on any atom is 0.317 e. The number of thiophene rings is 1. The number of aryl methyl sites for hydroxylation is 2. The fourth-order valence-electron chi connectivity index (χ4n) is 3.33. The highest BCUT2D eigenvalue weighted by Crippen LogP contribution is 2.27. The van der Waals surface area contributed by atoms with Crippen LogP contribution < -0.4 is 10.6 Å². The Balaban J connectivity index is 1.48. The van der Waals surface area contributed by atoms with Crippen LogP contribution in [0, 0.1) is 19.8 Å². The van der Waals surface area contributed by atoms with Gasteiger partial charge in [-0.05, 0) is 58.1 Å². The zero-order chi connectivity index (χ0) is 17.3. The van der Waals surface area contributed by atoms with E-state index in [9.17, 15) is 9.59 Å². The van der Waals surface area contributed by atoms with Gasteiger partial charge in [-0.3, -0.25) is 4.79 Å². The van der Waals surface area contributed by atoms with E-state index in [2.05, 4.69) is 30.5 Å². The molecule has 24 heavy (non-hydrogen) atoms. The molecule has 2 heterocycles. The number of rotatable bonds is 4. The Morgan fingerprint density at radius 1 is 1.21 bits per heavy atom. The van der Waals surface area contributed by atoms with E-state index in [0.717, 1.165) is 25.7 Å². The van der Waals surface area contributed by atoms with Crippen LogP contribution in [0.25, 0.3) is 0 Å². The smallest absolute Gasteiger partial charge is 0.317 e. The van der Waals surface area contributed by atoms with E-state index in [0.29, 0.717) is 19.1 Å². The standard InChI is InChI=1S/C18H27N3O2S/c1-11-10-16(13(3)24-11)12(2)19-18(23)21-8-6-14(7-9-21)17(22)20-15-4-5-15/h10,12,14-15H,4-9H2,1-3H3,(H,19,23)(H,20,22)/t12-/m0/s1. The summed E-state index contributed by atoms with van der Waals surface area (Å²) < 4.78 is 0. The van der Waals surface area contributed by atoms with Crippen LogP contribution >= 0.6 is 11.3 Å². The fourth-order valence-corrected chi connectivity index (χ4v) is 4.35. The van der Waals surface area contributed by atoms with Crippen LogP contribution in [0.5, 0.6) is 0 Å². The molecule has 2 fully saturated rings. The van der Waals surface area contributed by atoms with Gasteiger partial charge in [-0.1, -0.05) is 0 Å². The first-order valence-electron chi connectivity index (χ1n) is 8.86. The average Bonchev–Trinajstić information content (AvgIpc) is 3.29. The van der Waals surface area contributed by atoms with Crippen molar-refractivity contribution in [3.8, 4) is 0 Å². The number of likely N-dealkylation sites (tertiary alicyclic amines) is 1. The van der Waals surface area contributed by atoms with Gasteiger partial charge in [-0.25, -0.2) is 4.79 Å². The van der Waals surface area contributed by atoms with E-state index in [1.54, 1.807) is 11.3 Å². The molecule has 1 atom stereocenters. The van der Waals surface area contributed by atoms with Crippen LogP contribution in [0.4, 0.5) is 4.79 Å². The van der Waals surface area contributed by atoms with Gasteiger partial charge in [-0.15, -0.1) is 11.3 Å². The number of hydrogen-bond acceptors (Lipinski definition) is 3. The van der Waals surface area contributed by atoms with Gasteiger partial charge in [0.1, 0.15) is 0 Å². The molecule has 1 aliphatic heterocycles. The summed E-state index contributed by atoms with van der Waals surface area (Å²) >= 11 is 1.76. The van der Waals surface area contributed by atoms with Crippen LogP contribution in [-0.2, 0) is 4.79 Å². The van der Waals surface area contributed by atoms with Gasteiger partial charge in [0.05, 0.1) is 6.04 Å². The predicted molar refractivity (Wildman–Crippen MR) is 96.2 cm³/mol. The molecule has 6 heteroatoms. The van der Waals surface area contributed by atoms with E-state index in [4.69, 9.17) is 0 Å². The zero-order valence-corrected chi connectivity index (χ0v) is 15.5. The normalized spacial score (nSPS) is 19.9. The second-order valence-electron chi connectivity index (χ2n) is 7.08. The van der Waals surface area contributed by atoms with Crippen molar-refractivity contribution < 1.29 is 9.59 Å². The lowest BCUT2D eigenvalue weighted by atomic mass is 9.96. The van der Waals surface area contributed by atoms with Crippen molar-refractivity contribution in [2.45, 2.75) is 58.5 Å². The number of nitrogens with one attached hydrogen (secondary N) is 2. The molecule has 0 aromatic carbocycles. The molecule has 5 nitrogen and oxygen atoms in total. The summed E-state index contributed by atoms with van der Waals surface area (Å²) in [6, 6.07) is 2.56. The second-order valence-corrected chi connectivity index (χ2v) is 8.54. The molecule has 1 aliphatic carbocycles. The monoisotopic (exact) mass is 349 g/mol. The second kappa shape index (κ2) is 7.13. The van der Waals surface area contributed by atoms with Crippen LogP contribution in [0.15, 0.2) is 6.07 Å². The van der Waals surface area contributed by atoms with Crippen molar-refractivity contribution in [1.29, 1.82) is 0 Å². The largest absolute Gasteiger partial charge is 0.353 e. The Bertz CT molecular complexity index is 616. The van der Waals surface area contributed by atoms with Gasteiger partial charge in [0.2, 0.25) is 5.91 Å². The van der Waals surface area contributed by atoms with Crippen LogP contribution in [0.1, 0.15) is 54.0 Å². The summed E-state index contributed by atoms with van der Waals surface area (Å²) in [6.45, 7) is 7.53. The average molecular weight is 350 g/mol. The summed E-state index contributed by atoms with van der Waals surface area (Å²) in [7, 11) is 0. The van der Waals surface area contributed by atoms with Crippen molar-refractivity contribution in [1.82, 2.24) is 15.5 Å². The molecule has 1 aromatic heterocycles. The van der Waals surface area contributed by atoms with Gasteiger partial charge in [0, 0.05) is 34.8 Å². The van der Waals surface area contributed by atoms with Crippen molar-refractivity contribution >= 4 is 23.3 Å². The summed E-state index contributed by atoms with van der Waals surface area (Å²) in [6.07, 6.45) is 3.76. The lowest BCUT2D eigenvalue weighted by Crippen LogP contribution is -2.47.